The second kappa shape index (κ2) is 7.40. The second-order valence-corrected chi connectivity index (χ2v) is 5.36. The van der Waals surface area contributed by atoms with Crippen LogP contribution in [-0.2, 0) is 0 Å². The Bertz CT molecular complexity index is 862. The van der Waals surface area contributed by atoms with E-state index < -0.39 is 6.09 Å². The van der Waals surface area contributed by atoms with Gasteiger partial charge in [-0.05, 0) is 42.0 Å². The predicted octanol–water partition coefficient (Wildman–Crippen LogP) is 4.56. The number of carbonyl (C=O) groups excluding carboxylic acids is 1. The van der Waals surface area contributed by atoms with Crippen LogP contribution >= 0.6 is 0 Å². The highest BCUT2D eigenvalue weighted by Gasteiger charge is 2.08. The summed E-state index contributed by atoms with van der Waals surface area (Å²) in [7, 11) is 1.58. The van der Waals surface area contributed by atoms with Crippen LogP contribution in [0.3, 0.4) is 0 Å². The third-order valence-corrected chi connectivity index (χ3v) is 3.65. The van der Waals surface area contributed by atoms with Crippen molar-refractivity contribution < 1.29 is 14.3 Å². The van der Waals surface area contributed by atoms with Gasteiger partial charge in [-0.3, -0.25) is 5.32 Å². The molecule has 3 aromatic carbocycles. The van der Waals surface area contributed by atoms with Gasteiger partial charge in [-0.25, -0.2) is 4.79 Å². The molecule has 5 nitrogen and oxygen atoms in total. The monoisotopic (exact) mass is 334 g/mol. The van der Waals surface area contributed by atoms with Gasteiger partial charge in [0.1, 0.15) is 11.5 Å². The summed E-state index contributed by atoms with van der Waals surface area (Å²) in [4.78, 5) is 12.0. The van der Waals surface area contributed by atoms with Crippen LogP contribution < -0.4 is 20.5 Å². The van der Waals surface area contributed by atoms with Crippen molar-refractivity contribution in [3.8, 4) is 22.6 Å². The number of nitrogen functional groups attached to an aromatic ring is 1. The number of ether oxygens (including phenoxy) is 2. The zero-order valence-electron chi connectivity index (χ0n) is 13.7. The zero-order chi connectivity index (χ0) is 17.6. The molecule has 0 aromatic heterocycles. The normalized spacial score (nSPS) is 10.1. The van der Waals surface area contributed by atoms with E-state index in [4.69, 9.17) is 15.2 Å². The highest BCUT2D eigenvalue weighted by Crippen LogP contribution is 2.28. The van der Waals surface area contributed by atoms with Crippen molar-refractivity contribution in [2.45, 2.75) is 0 Å². The van der Waals surface area contributed by atoms with E-state index in [-0.39, 0.29) is 0 Å². The average molecular weight is 334 g/mol. The van der Waals surface area contributed by atoms with Crippen molar-refractivity contribution in [1.82, 2.24) is 0 Å². The minimum Gasteiger partial charge on any atom is -0.497 e. The third kappa shape index (κ3) is 4.09. The quantitative estimate of drug-likeness (QED) is 0.686. The third-order valence-electron chi connectivity index (χ3n) is 3.65. The highest BCUT2D eigenvalue weighted by atomic mass is 16.6. The van der Waals surface area contributed by atoms with E-state index in [1.165, 1.54) is 0 Å². The number of carbonyl (C=O) groups is 1. The minimum absolute atomic E-state index is 0.423. The van der Waals surface area contributed by atoms with Crippen LogP contribution in [0.25, 0.3) is 11.1 Å². The Labute approximate surface area is 146 Å². The summed E-state index contributed by atoms with van der Waals surface area (Å²) in [6, 6.07) is 21.9. The Kier molecular flexibility index (Phi) is 4.85. The predicted molar refractivity (Wildman–Crippen MR) is 98.9 cm³/mol. The van der Waals surface area contributed by atoms with Crippen molar-refractivity contribution in [3.63, 3.8) is 0 Å². The van der Waals surface area contributed by atoms with Gasteiger partial charge in [0, 0.05) is 16.9 Å². The van der Waals surface area contributed by atoms with Crippen LogP contribution in [0.1, 0.15) is 0 Å². The molecule has 0 spiro atoms. The molecule has 3 rings (SSSR count). The molecule has 0 unspecified atom stereocenters. The molecule has 3 aromatic rings. The van der Waals surface area contributed by atoms with Crippen LogP contribution in [0.5, 0.6) is 11.5 Å². The molecular formula is C20H18N2O3. The van der Waals surface area contributed by atoms with E-state index in [1.807, 2.05) is 36.4 Å². The van der Waals surface area contributed by atoms with Gasteiger partial charge in [0.05, 0.1) is 7.11 Å². The first-order valence-corrected chi connectivity index (χ1v) is 7.73. The first-order valence-electron chi connectivity index (χ1n) is 7.73. The molecule has 0 saturated heterocycles. The molecule has 0 aliphatic rings. The lowest BCUT2D eigenvalue weighted by atomic mass is 10.0. The van der Waals surface area contributed by atoms with Crippen LogP contribution in [0.15, 0.2) is 72.8 Å². The van der Waals surface area contributed by atoms with Gasteiger partial charge >= 0.3 is 6.09 Å². The molecule has 5 heteroatoms. The first kappa shape index (κ1) is 16.4. The van der Waals surface area contributed by atoms with Gasteiger partial charge in [-0.15, -0.1) is 0 Å². The van der Waals surface area contributed by atoms with Crippen molar-refractivity contribution in [3.05, 3.63) is 72.8 Å². The molecule has 0 bridgehead atoms. The summed E-state index contributed by atoms with van der Waals surface area (Å²) >= 11 is 0. The molecule has 0 aliphatic carbocycles. The smallest absolute Gasteiger partial charge is 0.417 e. The molecule has 0 aliphatic heterocycles. The maximum atomic E-state index is 12.0. The fraction of sp³-hybridized carbons (Fsp3) is 0.0500. The van der Waals surface area contributed by atoms with E-state index >= 15 is 0 Å². The van der Waals surface area contributed by atoms with Gasteiger partial charge in [-0.2, -0.15) is 0 Å². The lowest BCUT2D eigenvalue weighted by molar-refractivity contribution is 0.215. The number of methoxy groups -OCH3 is 1. The van der Waals surface area contributed by atoms with Crippen LogP contribution in [-0.4, -0.2) is 13.2 Å². The van der Waals surface area contributed by atoms with Crippen LogP contribution in [0, 0.1) is 0 Å². The lowest BCUT2D eigenvalue weighted by Crippen LogP contribution is -2.16. The fourth-order valence-corrected chi connectivity index (χ4v) is 2.42. The second-order valence-electron chi connectivity index (χ2n) is 5.36. The van der Waals surface area contributed by atoms with E-state index in [9.17, 15) is 4.79 Å². The van der Waals surface area contributed by atoms with Crippen LogP contribution in [0.4, 0.5) is 16.2 Å². The summed E-state index contributed by atoms with van der Waals surface area (Å²) in [5.41, 5.74) is 9.18. The molecule has 0 fully saturated rings. The number of hydrogen-bond acceptors (Lipinski definition) is 4. The lowest BCUT2D eigenvalue weighted by Gasteiger charge is -2.10. The Morgan fingerprint density at radius 1 is 0.920 bits per heavy atom. The number of anilines is 2. The Balaban J connectivity index is 1.68. The molecule has 25 heavy (non-hydrogen) atoms. The summed E-state index contributed by atoms with van der Waals surface area (Å²) in [6.07, 6.45) is -0.586. The van der Waals surface area contributed by atoms with Gasteiger partial charge in [0.15, 0.2) is 0 Å². The average Bonchev–Trinajstić information content (AvgIpc) is 2.63. The zero-order valence-corrected chi connectivity index (χ0v) is 13.7. The summed E-state index contributed by atoms with van der Waals surface area (Å²) in [5, 5.41) is 2.67. The molecule has 0 radical (unpaired) electrons. The highest BCUT2D eigenvalue weighted by molar-refractivity contribution is 5.89. The standard InChI is InChI=1S/C20H18N2O3/c1-24-16-8-10-17(11-9-16)25-20(23)22-15-7-12-18(19(21)13-15)14-5-3-2-4-6-14/h2-13H,21H2,1H3,(H,22,23). The number of nitrogens with two attached hydrogens (primary N) is 1. The Morgan fingerprint density at radius 3 is 2.24 bits per heavy atom. The van der Waals surface area contributed by atoms with Crippen molar-refractivity contribution in [2.24, 2.45) is 0 Å². The maximum absolute atomic E-state index is 12.0. The van der Waals surface area contributed by atoms with E-state index in [0.29, 0.717) is 22.9 Å². The molecule has 0 atom stereocenters. The van der Waals surface area contributed by atoms with E-state index in [2.05, 4.69) is 5.32 Å². The number of benzene rings is 3. The molecule has 0 heterocycles. The summed E-state index contributed by atoms with van der Waals surface area (Å²) in [5.74, 6) is 1.12. The number of nitrogens with one attached hydrogen (secondary N) is 1. The number of rotatable bonds is 4. The Morgan fingerprint density at radius 2 is 1.60 bits per heavy atom. The summed E-state index contributed by atoms with van der Waals surface area (Å²) in [6.45, 7) is 0. The molecule has 3 N–H and O–H groups in total. The van der Waals surface area contributed by atoms with E-state index in [0.717, 1.165) is 11.1 Å². The molecule has 126 valence electrons. The van der Waals surface area contributed by atoms with Crippen molar-refractivity contribution in [2.75, 3.05) is 18.2 Å². The first-order chi connectivity index (χ1) is 12.2. The Hall–Kier alpha value is -3.47. The van der Waals surface area contributed by atoms with Crippen LogP contribution in [0.2, 0.25) is 0 Å². The van der Waals surface area contributed by atoms with Gasteiger partial charge in [-0.1, -0.05) is 36.4 Å². The largest absolute Gasteiger partial charge is 0.497 e. The van der Waals surface area contributed by atoms with Gasteiger partial charge in [0.2, 0.25) is 0 Å². The fourth-order valence-electron chi connectivity index (χ4n) is 2.42. The van der Waals surface area contributed by atoms with Crippen molar-refractivity contribution in [1.29, 1.82) is 0 Å². The van der Waals surface area contributed by atoms with E-state index in [1.54, 1.807) is 43.5 Å². The molecular weight excluding hydrogens is 316 g/mol. The molecule has 0 saturated carbocycles. The number of amides is 1. The number of hydrogen-bond donors (Lipinski definition) is 2. The van der Waals surface area contributed by atoms with Gasteiger partial charge in [0.25, 0.3) is 0 Å². The maximum Gasteiger partial charge on any atom is 0.417 e. The molecule has 1 amide bonds. The topological polar surface area (TPSA) is 73.6 Å². The minimum atomic E-state index is -0.586. The van der Waals surface area contributed by atoms with Crippen molar-refractivity contribution >= 4 is 17.5 Å². The summed E-state index contributed by atoms with van der Waals surface area (Å²) < 4.78 is 10.3. The SMILES string of the molecule is COc1ccc(OC(=O)Nc2ccc(-c3ccccc3)c(N)c2)cc1. The van der Waals surface area contributed by atoms with Gasteiger partial charge < -0.3 is 15.2 Å².